The highest BCUT2D eigenvalue weighted by Gasteiger charge is 2.25. The van der Waals surface area contributed by atoms with Crippen molar-refractivity contribution in [1.29, 1.82) is 0 Å². The van der Waals surface area contributed by atoms with Crippen LogP contribution in [0.4, 0.5) is 0 Å². The Morgan fingerprint density at radius 3 is 2.91 bits per heavy atom. The summed E-state index contributed by atoms with van der Waals surface area (Å²) in [6.07, 6.45) is 0. The van der Waals surface area contributed by atoms with Gasteiger partial charge < -0.3 is 15.0 Å². The largest absolute Gasteiger partial charge is 0.496 e. The SMILES string of the molecule is COc1ccccc1C(C)N(C)C(=O)CN1CCNC[C@@H]1C. The molecule has 22 heavy (non-hydrogen) atoms. The standard InChI is InChI=1S/C17H27N3O2/c1-13-11-18-9-10-20(13)12-17(21)19(3)14(2)15-7-5-6-8-16(15)22-4/h5-8,13-14,18H,9-12H2,1-4H3/t13-,14?/m0/s1. The third-order valence-electron chi connectivity index (χ3n) is 4.54. The molecule has 122 valence electrons. The van der Waals surface area contributed by atoms with Gasteiger partial charge in [-0.15, -0.1) is 0 Å². The van der Waals surface area contributed by atoms with E-state index in [9.17, 15) is 4.79 Å². The van der Waals surface area contributed by atoms with Crippen LogP contribution in [0, 0.1) is 0 Å². The fraction of sp³-hybridized carbons (Fsp3) is 0.588. The van der Waals surface area contributed by atoms with E-state index in [4.69, 9.17) is 4.74 Å². The van der Waals surface area contributed by atoms with Crippen LogP contribution in [0.25, 0.3) is 0 Å². The lowest BCUT2D eigenvalue weighted by molar-refractivity contribution is -0.133. The number of nitrogens with zero attached hydrogens (tertiary/aromatic N) is 2. The zero-order valence-corrected chi connectivity index (χ0v) is 14.0. The minimum absolute atomic E-state index is 0.0122. The average molecular weight is 305 g/mol. The lowest BCUT2D eigenvalue weighted by Crippen LogP contribution is -2.53. The average Bonchev–Trinajstić information content (AvgIpc) is 2.55. The summed E-state index contributed by atoms with van der Waals surface area (Å²) in [5, 5.41) is 3.35. The molecule has 1 heterocycles. The number of nitrogens with one attached hydrogen (secondary N) is 1. The number of carbonyl (C=O) groups excluding carboxylic acids is 1. The first-order chi connectivity index (χ1) is 10.5. The van der Waals surface area contributed by atoms with E-state index < -0.39 is 0 Å². The molecule has 0 spiro atoms. The van der Waals surface area contributed by atoms with Crippen molar-refractivity contribution in [2.75, 3.05) is 40.3 Å². The van der Waals surface area contributed by atoms with Crippen LogP contribution < -0.4 is 10.1 Å². The highest BCUT2D eigenvalue weighted by Crippen LogP contribution is 2.28. The van der Waals surface area contributed by atoms with Gasteiger partial charge in [0.1, 0.15) is 5.75 Å². The van der Waals surface area contributed by atoms with E-state index in [2.05, 4.69) is 17.1 Å². The molecule has 0 aromatic heterocycles. The quantitative estimate of drug-likeness (QED) is 0.895. The van der Waals surface area contributed by atoms with E-state index in [-0.39, 0.29) is 11.9 Å². The van der Waals surface area contributed by atoms with Gasteiger partial charge in [0, 0.05) is 38.3 Å². The van der Waals surface area contributed by atoms with Gasteiger partial charge >= 0.3 is 0 Å². The zero-order valence-electron chi connectivity index (χ0n) is 14.0. The number of amides is 1. The lowest BCUT2D eigenvalue weighted by Gasteiger charge is -2.35. The second-order valence-corrected chi connectivity index (χ2v) is 5.95. The number of ether oxygens (including phenoxy) is 1. The molecule has 1 saturated heterocycles. The molecule has 5 heteroatoms. The van der Waals surface area contributed by atoms with Gasteiger partial charge in [-0.2, -0.15) is 0 Å². The van der Waals surface area contributed by atoms with Gasteiger partial charge in [-0.3, -0.25) is 9.69 Å². The number of rotatable bonds is 5. The molecule has 5 nitrogen and oxygen atoms in total. The van der Waals surface area contributed by atoms with Crippen molar-refractivity contribution in [3.63, 3.8) is 0 Å². The maximum Gasteiger partial charge on any atom is 0.237 e. The van der Waals surface area contributed by atoms with Crippen molar-refractivity contribution < 1.29 is 9.53 Å². The number of likely N-dealkylation sites (N-methyl/N-ethyl adjacent to an activating group) is 1. The van der Waals surface area contributed by atoms with E-state index in [0.717, 1.165) is 30.9 Å². The van der Waals surface area contributed by atoms with Crippen LogP contribution in [-0.2, 0) is 4.79 Å². The molecule has 1 unspecified atom stereocenters. The van der Waals surface area contributed by atoms with Gasteiger partial charge in [0.15, 0.2) is 0 Å². The van der Waals surface area contributed by atoms with E-state index in [1.54, 1.807) is 7.11 Å². The molecule has 1 aliphatic rings. The van der Waals surface area contributed by atoms with Crippen LogP contribution in [0.5, 0.6) is 5.75 Å². The number of hydrogen-bond donors (Lipinski definition) is 1. The summed E-state index contributed by atoms with van der Waals surface area (Å²) in [6.45, 7) is 7.48. The van der Waals surface area contributed by atoms with Crippen LogP contribution in [0.3, 0.4) is 0 Å². The Labute approximate surface area is 133 Å². The van der Waals surface area contributed by atoms with Crippen LogP contribution in [-0.4, -0.2) is 62.1 Å². The fourth-order valence-corrected chi connectivity index (χ4v) is 2.84. The Bertz CT molecular complexity index is 506. The minimum atomic E-state index is -0.0122. The molecule has 2 atom stereocenters. The van der Waals surface area contributed by atoms with Crippen LogP contribution in [0.2, 0.25) is 0 Å². The summed E-state index contributed by atoms with van der Waals surface area (Å²) < 4.78 is 5.41. The second kappa shape index (κ2) is 7.61. The van der Waals surface area contributed by atoms with Crippen molar-refractivity contribution in [2.24, 2.45) is 0 Å². The first kappa shape index (κ1) is 16.8. The predicted molar refractivity (Wildman–Crippen MR) is 88.1 cm³/mol. The molecule has 1 aliphatic heterocycles. The molecular weight excluding hydrogens is 278 g/mol. The van der Waals surface area contributed by atoms with Crippen LogP contribution in [0.15, 0.2) is 24.3 Å². The monoisotopic (exact) mass is 305 g/mol. The lowest BCUT2D eigenvalue weighted by atomic mass is 10.1. The molecule has 0 saturated carbocycles. The molecule has 0 aliphatic carbocycles. The molecule has 1 N–H and O–H groups in total. The topological polar surface area (TPSA) is 44.8 Å². The zero-order chi connectivity index (χ0) is 16.1. The number of hydrogen-bond acceptors (Lipinski definition) is 4. The highest BCUT2D eigenvalue weighted by molar-refractivity contribution is 5.78. The Kier molecular flexibility index (Phi) is 5.80. The molecule has 2 rings (SSSR count). The van der Waals surface area contributed by atoms with E-state index in [1.165, 1.54) is 0 Å². The van der Waals surface area contributed by atoms with Crippen molar-refractivity contribution in [3.05, 3.63) is 29.8 Å². The molecule has 1 amide bonds. The molecular formula is C17H27N3O2. The van der Waals surface area contributed by atoms with Crippen molar-refractivity contribution in [2.45, 2.75) is 25.9 Å². The Hall–Kier alpha value is -1.59. The molecule has 1 fully saturated rings. The number of methoxy groups -OCH3 is 1. The van der Waals surface area contributed by atoms with Gasteiger partial charge in [-0.1, -0.05) is 18.2 Å². The van der Waals surface area contributed by atoms with E-state index in [0.29, 0.717) is 12.6 Å². The first-order valence-corrected chi connectivity index (χ1v) is 7.88. The fourth-order valence-electron chi connectivity index (χ4n) is 2.84. The Morgan fingerprint density at radius 2 is 2.23 bits per heavy atom. The van der Waals surface area contributed by atoms with Gasteiger partial charge in [-0.05, 0) is 19.9 Å². The van der Waals surface area contributed by atoms with Gasteiger partial charge in [-0.25, -0.2) is 0 Å². The van der Waals surface area contributed by atoms with E-state index >= 15 is 0 Å². The summed E-state index contributed by atoms with van der Waals surface area (Å²) in [7, 11) is 3.53. The van der Waals surface area contributed by atoms with Crippen LogP contribution >= 0.6 is 0 Å². The normalized spacial score (nSPS) is 20.5. The molecule has 1 aromatic carbocycles. The minimum Gasteiger partial charge on any atom is -0.496 e. The maximum atomic E-state index is 12.6. The number of para-hydroxylation sites is 1. The second-order valence-electron chi connectivity index (χ2n) is 5.95. The Balaban J connectivity index is 2.03. The summed E-state index contributed by atoms with van der Waals surface area (Å²) >= 11 is 0. The van der Waals surface area contributed by atoms with Crippen molar-refractivity contribution in [3.8, 4) is 5.75 Å². The summed E-state index contributed by atoms with van der Waals surface area (Å²) in [5.41, 5.74) is 1.04. The van der Waals surface area contributed by atoms with Crippen molar-refractivity contribution in [1.82, 2.24) is 15.1 Å². The smallest absolute Gasteiger partial charge is 0.237 e. The third-order valence-corrected chi connectivity index (χ3v) is 4.54. The number of piperazine rings is 1. The molecule has 1 aromatic rings. The maximum absolute atomic E-state index is 12.6. The third kappa shape index (κ3) is 3.78. The number of carbonyl (C=O) groups is 1. The summed E-state index contributed by atoms with van der Waals surface area (Å²) in [6, 6.07) is 8.25. The van der Waals surface area contributed by atoms with Gasteiger partial charge in [0.05, 0.1) is 19.7 Å². The van der Waals surface area contributed by atoms with E-state index in [1.807, 2.05) is 43.1 Å². The highest BCUT2D eigenvalue weighted by atomic mass is 16.5. The van der Waals surface area contributed by atoms with Gasteiger partial charge in [0.2, 0.25) is 5.91 Å². The van der Waals surface area contributed by atoms with Crippen LogP contribution in [0.1, 0.15) is 25.5 Å². The molecule has 0 bridgehead atoms. The summed E-state index contributed by atoms with van der Waals surface area (Å²) in [5.74, 6) is 0.970. The van der Waals surface area contributed by atoms with Gasteiger partial charge in [0.25, 0.3) is 0 Å². The van der Waals surface area contributed by atoms with Crippen molar-refractivity contribution >= 4 is 5.91 Å². The molecule has 0 radical (unpaired) electrons. The first-order valence-electron chi connectivity index (χ1n) is 7.88. The number of benzene rings is 1. The Morgan fingerprint density at radius 1 is 1.50 bits per heavy atom. The predicted octanol–water partition coefficient (Wildman–Crippen LogP) is 1.51. The summed E-state index contributed by atoms with van der Waals surface area (Å²) in [4.78, 5) is 16.6.